The van der Waals surface area contributed by atoms with Crippen molar-refractivity contribution in [3.8, 4) is 5.75 Å². The van der Waals surface area contributed by atoms with Crippen LogP contribution in [-0.4, -0.2) is 0 Å². The molecule has 0 amide bonds. The zero-order chi connectivity index (χ0) is 13.0. The monoisotopic (exact) mass is 324 g/mol. The Labute approximate surface area is 121 Å². The largest absolute Gasteiger partial charge is 0.487 e. The summed E-state index contributed by atoms with van der Waals surface area (Å²) in [6, 6.07) is 13.8. The molecule has 3 heteroatoms. The molecule has 0 aliphatic rings. The van der Waals surface area contributed by atoms with Gasteiger partial charge in [-0.15, -0.1) is 0 Å². The molecule has 0 saturated heterocycles. The maximum atomic E-state index is 5.89. The lowest BCUT2D eigenvalue weighted by atomic mass is 10.1. The summed E-state index contributed by atoms with van der Waals surface area (Å²) in [4.78, 5) is 0. The normalized spacial score (nSPS) is 10.4. The number of aryl methyl sites for hydroxylation is 1. The summed E-state index contributed by atoms with van der Waals surface area (Å²) in [5.74, 6) is 0.926. The summed E-state index contributed by atoms with van der Waals surface area (Å²) in [6.45, 7) is 2.67. The van der Waals surface area contributed by atoms with E-state index in [1.807, 2.05) is 36.4 Å². The fourth-order valence-electron chi connectivity index (χ4n) is 1.73. The van der Waals surface area contributed by atoms with E-state index in [0.717, 1.165) is 27.2 Å². The maximum Gasteiger partial charge on any atom is 0.137 e. The molecular formula is C15H14BrClO. The molecule has 0 aliphatic carbocycles. The molecule has 0 N–H and O–H groups in total. The molecule has 0 fully saturated rings. The lowest BCUT2D eigenvalue weighted by molar-refractivity contribution is 0.301. The van der Waals surface area contributed by atoms with Crippen LogP contribution >= 0.6 is 27.5 Å². The van der Waals surface area contributed by atoms with Crippen LogP contribution in [0.3, 0.4) is 0 Å². The first-order valence-electron chi connectivity index (χ1n) is 5.85. The molecule has 94 valence electrons. The Morgan fingerprint density at radius 1 is 1.11 bits per heavy atom. The molecule has 0 atom stereocenters. The maximum absolute atomic E-state index is 5.89. The number of halogens is 2. The quantitative estimate of drug-likeness (QED) is 0.746. The molecule has 0 bridgehead atoms. The van der Waals surface area contributed by atoms with E-state index >= 15 is 0 Å². The van der Waals surface area contributed by atoms with E-state index in [9.17, 15) is 0 Å². The van der Waals surface area contributed by atoms with E-state index in [1.165, 1.54) is 5.56 Å². The van der Waals surface area contributed by atoms with Crippen LogP contribution in [0.1, 0.15) is 18.1 Å². The summed E-state index contributed by atoms with van der Waals surface area (Å²) < 4.78 is 6.89. The van der Waals surface area contributed by atoms with Gasteiger partial charge in [0.1, 0.15) is 12.4 Å². The highest BCUT2D eigenvalue weighted by atomic mass is 79.9. The van der Waals surface area contributed by atoms with Gasteiger partial charge in [0.05, 0.1) is 4.47 Å². The van der Waals surface area contributed by atoms with Gasteiger partial charge >= 0.3 is 0 Å². The van der Waals surface area contributed by atoms with E-state index in [0.29, 0.717) is 6.61 Å². The minimum Gasteiger partial charge on any atom is -0.487 e. The first-order chi connectivity index (χ1) is 8.70. The molecular weight excluding hydrogens is 312 g/mol. The lowest BCUT2D eigenvalue weighted by Gasteiger charge is -2.12. The number of hydrogen-bond donors (Lipinski definition) is 0. The Morgan fingerprint density at radius 3 is 2.50 bits per heavy atom. The molecule has 2 rings (SSSR count). The zero-order valence-corrected chi connectivity index (χ0v) is 12.5. The summed E-state index contributed by atoms with van der Waals surface area (Å²) in [7, 11) is 0. The van der Waals surface area contributed by atoms with Gasteiger partial charge in [0.2, 0.25) is 0 Å². The minimum atomic E-state index is 0.548. The fourth-order valence-corrected chi connectivity index (χ4v) is 2.38. The van der Waals surface area contributed by atoms with Crippen molar-refractivity contribution in [2.24, 2.45) is 0 Å². The van der Waals surface area contributed by atoms with Crippen molar-refractivity contribution in [1.29, 1.82) is 0 Å². The van der Waals surface area contributed by atoms with Crippen LogP contribution in [0.4, 0.5) is 0 Å². The average Bonchev–Trinajstić information content (AvgIpc) is 2.39. The van der Waals surface area contributed by atoms with Gasteiger partial charge in [-0.1, -0.05) is 42.8 Å². The van der Waals surface area contributed by atoms with Crippen molar-refractivity contribution < 1.29 is 4.74 Å². The van der Waals surface area contributed by atoms with Crippen molar-refractivity contribution in [3.63, 3.8) is 0 Å². The van der Waals surface area contributed by atoms with Crippen molar-refractivity contribution in [3.05, 3.63) is 63.1 Å². The Hall–Kier alpha value is -0.990. The second-order valence-corrected chi connectivity index (χ2v) is 5.29. The Balaban J connectivity index is 2.12. The van der Waals surface area contributed by atoms with Gasteiger partial charge in [0.15, 0.2) is 0 Å². The molecule has 1 nitrogen and oxygen atoms in total. The van der Waals surface area contributed by atoms with Crippen LogP contribution < -0.4 is 4.74 Å². The molecule has 0 radical (unpaired) electrons. The van der Waals surface area contributed by atoms with Gasteiger partial charge in [-0.25, -0.2) is 0 Å². The van der Waals surface area contributed by atoms with Crippen LogP contribution in [-0.2, 0) is 13.0 Å². The first-order valence-corrected chi connectivity index (χ1v) is 7.02. The SMILES string of the molecule is CCc1cccc(Br)c1OCc1ccc(Cl)cc1. The standard InChI is InChI=1S/C15H14BrClO/c1-2-12-4-3-5-14(16)15(12)18-10-11-6-8-13(17)9-7-11/h3-9H,2,10H2,1H3. The van der Waals surface area contributed by atoms with Crippen molar-refractivity contribution in [2.45, 2.75) is 20.0 Å². The Kier molecular flexibility index (Phi) is 4.67. The average molecular weight is 326 g/mol. The fraction of sp³-hybridized carbons (Fsp3) is 0.200. The Bertz CT molecular complexity index is 523. The van der Waals surface area contributed by atoms with Gasteiger partial charge < -0.3 is 4.74 Å². The minimum absolute atomic E-state index is 0.548. The van der Waals surface area contributed by atoms with Gasteiger partial charge in [-0.3, -0.25) is 0 Å². The second-order valence-electron chi connectivity index (χ2n) is 4.00. The van der Waals surface area contributed by atoms with Gasteiger partial charge in [-0.05, 0) is 51.7 Å². The van der Waals surface area contributed by atoms with Gasteiger partial charge in [-0.2, -0.15) is 0 Å². The van der Waals surface area contributed by atoms with Gasteiger partial charge in [0.25, 0.3) is 0 Å². The zero-order valence-electron chi connectivity index (χ0n) is 10.1. The molecule has 2 aromatic carbocycles. The molecule has 0 heterocycles. The van der Waals surface area contributed by atoms with Crippen molar-refractivity contribution in [2.75, 3.05) is 0 Å². The van der Waals surface area contributed by atoms with E-state index in [1.54, 1.807) is 0 Å². The highest BCUT2D eigenvalue weighted by Gasteiger charge is 2.06. The second kappa shape index (κ2) is 6.26. The smallest absolute Gasteiger partial charge is 0.137 e. The first kappa shape index (κ1) is 13.4. The third kappa shape index (κ3) is 3.27. The van der Waals surface area contributed by atoms with Crippen LogP contribution in [0.15, 0.2) is 46.9 Å². The van der Waals surface area contributed by atoms with Crippen LogP contribution in [0.25, 0.3) is 0 Å². The van der Waals surface area contributed by atoms with Crippen molar-refractivity contribution >= 4 is 27.5 Å². The number of para-hydroxylation sites is 1. The summed E-state index contributed by atoms with van der Waals surface area (Å²) in [5.41, 5.74) is 2.32. The molecule has 0 unspecified atom stereocenters. The van der Waals surface area contributed by atoms with Crippen molar-refractivity contribution in [1.82, 2.24) is 0 Å². The summed E-state index contributed by atoms with van der Waals surface area (Å²) in [5, 5.41) is 0.744. The third-order valence-corrected chi connectivity index (χ3v) is 3.60. The summed E-state index contributed by atoms with van der Waals surface area (Å²) in [6.07, 6.45) is 0.954. The Morgan fingerprint density at radius 2 is 1.83 bits per heavy atom. The topological polar surface area (TPSA) is 9.23 Å². The van der Waals surface area contributed by atoms with Gasteiger partial charge in [0, 0.05) is 5.02 Å². The molecule has 18 heavy (non-hydrogen) atoms. The molecule has 0 aliphatic heterocycles. The molecule has 0 saturated carbocycles. The number of rotatable bonds is 4. The van der Waals surface area contributed by atoms with E-state index in [4.69, 9.17) is 16.3 Å². The lowest BCUT2D eigenvalue weighted by Crippen LogP contribution is -1.99. The van der Waals surface area contributed by atoms with Crippen LogP contribution in [0.5, 0.6) is 5.75 Å². The van der Waals surface area contributed by atoms with Crippen LogP contribution in [0, 0.1) is 0 Å². The van der Waals surface area contributed by atoms with Crippen LogP contribution in [0.2, 0.25) is 5.02 Å². The highest BCUT2D eigenvalue weighted by Crippen LogP contribution is 2.30. The number of ether oxygens (including phenoxy) is 1. The van der Waals surface area contributed by atoms with E-state index < -0.39 is 0 Å². The molecule has 0 spiro atoms. The molecule has 2 aromatic rings. The van der Waals surface area contributed by atoms with E-state index in [-0.39, 0.29) is 0 Å². The van der Waals surface area contributed by atoms with E-state index in [2.05, 4.69) is 28.9 Å². The third-order valence-electron chi connectivity index (χ3n) is 2.73. The predicted octanol–water partition coefficient (Wildman–Crippen LogP) is 5.24. The number of benzene rings is 2. The highest BCUT2D eigenvalue weighted by molar-refractivity contribution is 9.10. The predicted molar refractivity (Wildman–Crippen MR) is 79.3 cm³/mol. The molecule has 0 aromatic heterocycles. The number of hydrogen-bond acceptors (Lipinski definition) is 1. The summed E-state index contributed by atoms with van der Waals surface area (Å²) >= 11 is 9.38.